The smallest absolute Gasteiger partial charge is 0.293 e. The van der Waals surface area contributed by atoms with Crippen LogP contribution in [-0.4, -0.2) is 48.0 Å². The van der Waals surface area contributed by atoms with Gasteiger partial charge >= 0.3 is 0 Å². The summed E-state index contributed by atoms with van der Waals surface area (Å²) < 4.78 is 5.45. The number of piperidine rings is 1. The molecule has 1 unspecified atom stereocenters. The van der Waals surface area contributed by atoms with Crippen molar-refractivity contribution in [2.75, 3.05) is 18.0 Å². The van der Waals surface area contributed by atoms with Gasteiger partial charge in [-0.15, -0.1) is 18.3 Å². The van der Waals surface area contributed by atoms with E-state index in [2.05, 4.69) is 26.4 Å². The van der Waals surface area contributed by atoms with Crippen LogP contribution in [0.5, 0.6) is 0 Å². The molecule has 0 saturated carbocycles. The van der Waals surface area contributed by atoms with Gasteiger partial charge in [0.25, 0.3) is 5.56 Å². The Hall–Kier alpha value is -4.13. The van der Waals surface area contributed by atoms with E-state index in [1.165, 1.54) is 4.68 Å². The monoisotopic (exact) mass is 528 g/mol. The molecule has 1 aliphatic rings. The number of halogens is 1. The zero-order valence-corrected chi connectivity index (χ0v) is 21.9. The van der Waals surface area contributed by atoms with Gasteiger partial charge in [-0.3, -0.25) is 13.9 Å². The van der Waals surface area contributed by atoms with Crippen molar-refractivity contribution in [3.63, 3.8) is 0 Å². The summed E-state index contributed by atoms with van der Waals surface area (Å²) in [7, 11) is 0. The Balaban J connectivity index is 0.00000294. The van der Waals surface area contributed by atoms with Crippen molar-refractivity contribution in [2.45, 2.75) is 38.9 Å². The molecule has 2 aromatic carbocycles. The first-order chi connectivity index (χ1) is 18.1. The molecule has 5 aromatic rings. The van der Waals surface area contributed by atoms with E-state index in [-0.39, 0.29) is 30.6 Å². The van der Waals surface area contributed by atoms with Crippen molar-refractivity contribution in [3.05, 3.63) is 77.0 Å². The summed E-state index contributed by atoms with van der Waals surface area (Å²) in [6.07, 6.45) is 3.64. The van der Waals surface area contributed by atoms with Crippen LogP contribution >= 0.6 is 12.4 Å². The Kier molecular flexibility index (Phi) is 7.18. The van der Waals surface area contributed by atoms with Gasteiger partial charge in [0.05, 0.1) is 23.8 Å². The topological polar surface area (TPSA) is 99.8 Å². The maximum atomic E-state index is 13.9. The molecule has 1 fully saturated rings. The highest BCUT2D eigenvalue weighted by atomic mass is 35.5. The molecule has 0 spiro atoms. The van der Waals surface area contributed by atoms with E-state index in [1.807, 2.05) is 59.2 Å². The highest BCUT2D eigenvalue weighted by Crippen LogP contribution is 2.24. The van der Waals surface area contributed by atoms with E-state index >= 15 is 0 Å². The average Bonchev–Trinajstić information content (AvgIpc) is 3.48. The summed E-state index contributed by atoms with van der Waals surface area (Å²) in [5, 5.41) is 4.50. The van der Waals surface area contributed by atoms with Gasteiger partial charge in [0, 0.05) is 24.8 Å². The molecule has 3 aromatic heterocycles. The molecule has 0 radical (unpaired) electrons. The lowest BCUT2D eigenvalue weighted by atomic mass is 10.1. The van der Waals surface area contributed by atoms with Gasteiger partial charge in [0.15, 0.2) is 0 Å². The molecule has 1 atom stereocenters. The molecule has 0 aliphatic carbocycles. The molecular weight excluding hydrogens is 500 g/mol. The van der Waals surface area contributed by atoms with E-state index in [4.69, 9.17) is 15.7 Å². The minimum Gasteiger partial charge on any atom is -0.341 e. The first-order valence-corrected chi connectivity index (χ1v) is 12.5. The van der Waals surface area contributed by atoms with Gasteiger partial charge in [-0.1, -0.05) is 36.3 Å². The molecule has 6 rings (SSSR count). The lowest BCUT2D eigenvalue weighted by molar-refractivity contribution is 0.496. The second kappa shape index (κ2) is 10.7. The summed E-state index contributed by atoms with van der Waals surface area (Å²) in [6, 6.07) is 18.1. The zero-order chi connectivity index (χ0) is 25.4. The number of aromatic nitrogens is 6. The fourth-order valence-corrected chi connectivity index (χ4v) is 5.11. The van der Waals surface area contributed by atoms with Crippen molar-refractivity contribution < 1.29 is 0 Å². The summed E-state index contributed by atoms with van der Waals surface area (Å²) in [5.74, 6) is 7.50. The Morgan fingerprint density at radius 1 is 1.05 bits per heavy atom. The minimum absolute atomic E-state index is 0. The van der Waals surface area contributed by atoms with Gasteiger partial charge in [0.1, 0.15) is 23.4 Å². The number of fused-ring (bicyclic) bond motifs is 2. The molecule has 38 heavy (non-hydrogen) atoms. The first kappa shape index (κ1) is 25.5. The highest BCUT2D eigenvalue weighted by molar-refractivity contribution is 5.85. The normalized spacial score (nSPS) is 15.3. The van der Waals surface area contributed by atoms with Crippen molar-refractivity contribution >= 4 is 40.4 Å². The molecule has 0 amide bonds. The third-order valence-electron chi connectivity index (χ3n) is 6.82. The Morgan fingerprint density at radius 3 is 2.63 bits per heavy atom. The molecule has 0 bridgehead atoms. The van der Waals surface area contributed by atoms with E-state index in [9.17, 15) is 4.79 Å². The van der Waals surface area contributed by atoms with E-state index in [1.54, 1.807) is 13.1 Å². The van der Waals surface area contributed by atoms with Crippen LogP contribution in [0.1, 0.15) is 25.6 Å². The van der Waals surface area contributed by atoms with Crippen LogP contribution in [0.25, 0.3) is 27.8 Å². The third kappa shape index (κ3) is 4.53. The molecule has 1 saturated heterocycles. The van der Waals surface area contributed by atoms with Crippen LogP contribution < -0.4 is 16.2 Å². The minimum atomic E-state index is -0.220. The first-order valence-electron chi connectivity index (χ1n) is 12.5. The van der Waals surface area contributed by atoms with Gasteiger partial charge in [-0.2, -0.15) is 5.10 Å². The molecule has 194 valence electrons. The Bertz CT molecular complexity index is 1710. The molecule has 10 heteroatoms. The van der Waals surface area contributed by atoms with Gasteiger partial charge in [-0.05, 0) is 44.0 Å². The predicted molar refractivity (Wildman–Crippen MR) is 152 cm³/mol. The summed E-state index contributed by atoms with van der Waals surface area (Å²) >= 11 is 0. The lowest BCUT2D eigenvalue weighted by Gasteiger charge is -2.31. The van der Waals surface area contributed by atoms with Crippen molar-refractivity contribution in [1.29, 1.82) is 0 Å². The summed E-state index contributed by atoms with van der Waals surface area (Å²) in [5.41, 5.74) is 9.90. The number of benzene rings is 2. The Morgan fingerprint density at radius 2 is 1.84 bits per heavy atom. The molecule has 9 nitrogen and oxygen atoms in total. The number of nitrogens with two attached hydrogens (primary N) is 1. The van der Waals surface area contributed by atoms with Gasteiger partial charge in [0.2, 0.25) is 5.95 Å². The van der Waals surface area contributed by atoms with Gasteiger partial charge < -0.3 is 10.6 Å². The predicted octanol–water partition coefficient (Wildman–Crippen LogP) is 3.35. The number of anilines is 1. The second-order valence-electron chi connectivity index (χ2n) is 9.30. The molecule has 4 heterocycles. The van der Waals surface area contributed by atoms with Crippen LogP contribution in [0.15, 0.2) is 65.6 Å². The fourth-order valence-electron chi connectivity index (χ4n) is 5.11. The highest BCUT2D eigenvalue weighted by Gasteiger charge is 2.24. The van der Waals surface area contributed by atoms with Crippen LogP contribution in [0.3, 0.4) is 0 Å². The van der Waals surface area contributed by atoms with E-state index in [0.29, 0.717) is 24.1 Å². The maximum absolute atomic E-state index is 13.9. The van der Waals surface area contributed by atoms with E-state index in [0.717, 1.165) is 47.9 Å². The summed E-state index contributed by atoms with van der Waals surface area (Å²) in [4.78, 5) is 25.7. The Labute approximate surface area is 226 Å². The quantitative estimate of drug-likeness (QED) is 0.351. The van der Waals surface area contributed by atoms with Crippen LogP contribution in [-0.2, 0) is 13.1 Å². The largest absolute Gasteiger partial charge is 0.341 e. The number of hydrogen-bond acceptors (Lipinski definition) is 6. The van der Waals surface area contributed by atoms with Crippen molar-refractivity contribution in [3.8, 4) is 17.5 Å². The van der Waals surface area contributed by atoms with Crippen molar-refractivity contribution in [2.24, 2.45) is 5.73 Å². The molecule has 2 N–H and O–H groups in total. The maximum Gasteiger partial charge on any atom is 0.293 e. The zero-order valence-electron chi connectivity index (χ0n) is 21.1. The number of rotatable bonds is 5. The number of nitrogens with zero attached hydrogens (tertiary/aromatic N) is 7. The number of para-hydroxylation sites is 3. The van der Waals surface area contributed by atoms with Crippen molar-refractivity contribution in [1.82, 2.24) is 28.9 Å². The fraction of sp³-hybridized carbons (Fsp3) is 0.286. The summed E-state index contributed by atoms with van der Waals surface area (Å²) in [6.45, 7) is 3.93. The SMILES string of the molecule is CC#CCn1c(N2CCCC(N)C2)nc2cnn(Cc3nc4ccccc4n3-c3ccccc3)c(=O)c21.Cl. The lowest BCUT2D eigenvalue weighted by Crippen LogP contribution is -2.44. The number of hydrogen-bond donors (Lipinski definition) is 1. The standard InChI is InChI=1S/C28H28N8O.ClH/c1-2-3-16-34-26-23(32-28(34)33-15-9-10-20(29)18-33)17-30-35(27(26)37)19-25-31-22-13-7-8-14-24(22)36(25)21-11-5-4-6-12-21;/h4-8,11-14,17,20H,9-10,15-16,18-19,29H2,1H3;1H. The molecule has 1 aliphatic heterocycles. The third-order valence-corrected chi connectivity index (χ3v) is 6.82. The van der Waals surface area contributed by atoms with Crippen LogP contribution in [0.2, 0.25) is 0 Å². The number of imidazole rings is 2. The van der Waals surface area contributed by atoms with Gasteiger partial charge in [-0.25, -0.2) is 14.6 Å². The second-order valence-corrected chi connectivity index (χ2v) is 9.30. The van der Waals surface area contributed by atoms with E-state index < -0.39 is 0 Å². The average molecular weight is 529 g/mol. The van der Waals surface area contributed by atoms with Crippen LogP contribution in [0, 0.1) is 11.8 Å². The van der Waals surface area contributed by atoms with Crippen LogP contribution in [0.4, 0.5) is 5.95 Å². The molecular formula is C28H29ClN8O.